The van der Waals surface area contributed by atoms with Gasteiger partial charge in [0.2, 0.25) is 0 Å². The Morgan fingerprint density at radius 2 is 2.28 bits per heavy atom. The SMILES string of the molecule is CCCNC(Cc1ccoc1)c1ccnc(C)c1. The summed E-state index contributed by atoms with van der Waals surface area (Å²) in [7, 11) is 0. The molecule has 18 heavy (non-hydrogen) atoms. The molecule has 96 valence electrons. The van der Waals surface area contributed by atoms with E-state index in [2.05, 4.69) is 29.4 Å². The molecule has 0 aliphatic heterocycles. The monoisotopic (exact) mass is 244 g/mol. The first kappa shape index (κ1) is 12.8. The summed E-state index contributed by atoms with van der Waals surface area (Å²) in [6, 6.07) is 6.58. The number of nitrogens with zero attached hydrogens (tertiary/aromatic N) is 1. The van der Waals surface area contributed by atoms with Gasteiger partial charge >= 0.3 is 0 Å². The quantitative estimate of drug-likeness (QED) is 0.847. The predicted molar refractivity (Wildman–Crippen MR) is 72.4 cm³/mol. The molecule has 0 aliphatic carbocycles. The fraction of sp³-hybridized carbons (Fsp3) is 0.400. The summed E-state index contributed by atoms with van der Waals surface area (Å²) in [6.45, 7) is 5.22. The van der Waals surface area contributed by atoms with Gasteiger partial charge in [-0.25, -0.2) is 0 Å². The molecule has 0 fully saturated rings. The highest BCUT2D eigenvalue weighted by Crippen LogP contribution is 2.19. The zero-order valence-electron chi connectivity index (χ0n) is 11.0. The number of pyridine rings is 1. The van der Waals surface area contributed by atoms with Crippen LogP contribution in [-0.4, -0.2) is 11.5 Å². The van der Waals surface area contributed by atoms with Crippen LogP contribution in [0, 0.1) is 6.92 Å². The lowest BCUT2D eigenvalue weighted by Gasteiger charge is -2.18. The lowest BCUT2D eigenvalue weighted by atomic mass is 10.0. The maximum Gasteiger partial charge on any atom is 0.0935 e. The molecule has 1 atom stereocenters. The predicted octanol–water partition coefficient (Wildman–Crippen LogP) is 3.27. The zero-order chi connectivity index (χ0) is 12.8. The zero-order valence-corrected chi connectivity index (χ0v) is 11.0. The van der Waals surface area contributed by atoms with Gasteiger partial charge in [0.25, 0.3) is 0 Å². The highest BCUT2D eigenvalue weighted by atomic mass is 16.3. The lowest BCUT2D eigenvalue weighted by Crippen LogP contribution is -2.24. The van der Waals surface area contributed by atoms with Crippen molar-refractivity contribution in [1.82, 2.24) is 10.3 Å². The molecule has 2 aromatic heterocycles. The van der Waals surface area contributed by atoms with Crippen molar-refractivity contribution in [3.8, 4) is 0 Å². The smallest absolute Gasteiger partial charge is 0.0935 e. The highest BCUT2D eigenvalue weighted by Gasteiger charge is 2.12. The standard InChI is InChI=1S/C15H20N2O/c1-3-6-17-15(10-13-5-8-18-11-13)14-4-7-16-12(2)9-14/h4-5,7-9,11,15,17H,3,6,10H2,1-2H3. The minimum Gasteiger partial charge on any atom is -0.472 e. The van der Waals surface area contributed by atoms with Crippen LogP contribution in [-0.2, 0) is 6.42 Å². The Labute approximate surface area is 108 Å². The van der Waals surface area contributed by atoms with E-state index in [0.29, 0.717) is 6.04 Å². The van der Waals surface area contributed by atoms with E-state index in [0.717, 1.165) is 25.1 Å². The van der Waals surface area contributed by atoms with Gasteiger partial charge in [0.1, 0.15) is 0 Å². The number of aromatic nitrogens is 1. The Bertz CT molecular complexity index is 465. The minimum atomic E-state index is 0.323. The van der Waals surface area contributed by atoms with Gasteiger partial charge in [-0.2, -0.15) is 0 Å². The van der Waals surface area contributed by atoms with E-state index in [4.69, 9.17) is 4.42 Å². The molecule has 0 saturated carbocycles. The van der Waals surface area contributed by atoms with Crippen molar-refractivity contribution in [2.75, 3.05) is 6.54 Å². The largest absolute Gasteiger partial charge is 0.472 e. The van der Waals surface area contributed by atoms with E-state index in [9.17, 15) is 0 Å². The van der Waals surface area contributed by atoms with E-state index in [1.165, 1.54) is 11.1 Å². The van der Waals surface area contributed by atoms with Crippen molar-refractivity contribution < 1.29 is 4.42 Å². The highest BCUT2D eigenvalue weighted by molar-refractivity contribution is 5.22. The first-order valence-electron chi connectivity index (χ1n) is 6.46. The van der Waals surface area contributed by atoms with Crippen LogP contribution in [0.3, 0.4) is 0 Å². The molecule has 0 saturated heterocycles. The molecule has 3 nitrogen and oxygen atoms in total. The van der Waals surface area contributed by atoms with Gasteiger partial charge in [-0.3, -0.25) is 4.98 Å². The van der Waals surface area contributed by atoms with Gasteiger partial charge in [-0.1, -0.05) is 6.92 Å². The van der Waals surface area contributed by atoms with E-state index in [1.807, 2.05) is 25.5 Å². The molecule has 3 heteroatoms. The Morgan fingerprint density at radius 1 is 1.39 bits per heavy atom. The third-order valence-electron chi connectivity index (χ3n) is 2.98. The summed E-state index contributed by atoms with van der Waals surface area (Å²) in [5.41, 5.74) is 3.57. The van der Waals surface area contributed by atoms with Crippen LogP contribution in [0.2, 0.25) is 0 Å². The first-order chi connectivity index (χ1) is 8.79. The van der Waals surface area contributed by atoms with E-state index < -0.39 is 0 Å². The Balaban J connectivity index is 2.13. The van der Waals surface area contributed by atoms with Gasteiger partial charge in [0, 0.05) is 17.9 Å². The van der Waals surface area contributed by atoms with Crippen LogP contribution in [0.4, 0.5) is 0 Å². The van der Waals surface area contributed by atoms with Crippen molar-refractivity contribution in [2.24, 2.45) is 0 Å². The maximum absolute atomic E-state index is 5.14. The fourth-order valence-corrected chi connectivity index (χ4v) is 2.06. The first-order valence-corrected chi connectivity index (χ1v) is 6.46. The summed E-state index contributed by atoms with van der Waals surface area (Å²) >= 11 is 0. The Morgan fingerprint density at radius 3 is 2.94 bits per heavy atom. The van der Waals surface area contributed by atoms with Crippen molar-refractivity contribution >= 4 is 0 Å². The second-order valence-electron chi connectivity index (χ2n) is 4.57. The molecular weight excluding hydrogens is 224 g/mol. The number of aryl methyl sites for hydroxylation is 1. The fourth-order valence-electron chi connectivity index (χ4n) is 2.06. The Kier molecular flexibility index (Phi) is 4.53. The second kappa shape index (κ2) is 6.36. The summed E-state index contributed by atoms with van der Waals surface area (Å²) < 4.78 is 5.14. The van der Waals surface area contributed by atoms with E-state index >= 15 is 0 Å². The van der Waals surface area contributed by atoms with Gasteiger partial charge < -0.3 is 9.73 Å². The van der Waals surface area contributed by atoms with Crippen molar-refractivity contribution in [1.29, 1.82) is 0 Å². The average Bonchev–Trinajstić information content (AvgIpc) is 2.87. The number of rotatable bonds is 6. The third kappa shape index (κ3) is 3.44. The van der Waals surface area contributed by atoms with Crippen LogP contribution in [0.1, 0.15) is 36.2 Å². The van der Waals surface area contributed by atoms with Crippen molar-refractivity contribution in [2.45, 2.75) is 32.7 Å². The summed E-state index contributed by atoms with van der Waals surface area (Å²) in [5.74, 6) is 0. The molecule has 2 aromatic rings. The van der Waals surface area contributed by atoms with Crippen LogP contribution in [0.5, 0.6) is 0 Å². The van der Waals surface area contributed by atoms with Gasteiger partial charge in [0.15, 0.2) is 0 Å². The molecule has 0 aromatic carbocycles. The molecular formula is C15H20N2O. The van der Waals surface area contributed by atoms with Crippen LogP contribution in [0.15, 0.2) is 41.3 Å². The molecule has 0 amide bonds. The van der Waals surface area contributed by atoms with Crippen molar-refractivity contribution in [3.05, 3.63) is 53.7 Å². The topological polar surface area (TPSA) is 38.1 Å². The second-order valence-corrected chi connectivity index (χ2v) is 4.57. The van der Waals surface area contributed by atoms with Gasteiger partial charge in [-0.15, -0.1) is 0 Å². The number of hydrogen-bond acceptors (Lipinski definition) is 3. The number of furan rings is 1. The molecule has 0 bridgehead atoms. The minimum absolute atomic E-state index is 0.323. The van der Waals surface area contributed by atoms with Crippen LogP contribution in [0.25, 0.3) is 0 Å². The molecule has 0 spiro atoms. The lowest BCUT2D eigenvalue weighted by molar-refractivity contribution is 0.520. The maximum atomic E-state index is 5.14. The molecule has 2 rings (SSSR count). The molecule has 2 heterocycles. The molecule has 1 N–H and O–H groups in total. The molecule has 0 aliphatic rings. The summed E-state index contributed by atoms with van der Waals surface area (Å²) in [4.78, 5) is 4.25. The summed E-state index contributed by atoms with van der Waals surface area (Å²) in [6.07, 6.45) is 7.49. The average molecular weight is 244 g/mol. The van der Waals surface area contributed by atoms with Crippen LogP contribution < -0.4 is 5.32 Å². The Hall–Kier alpha value is -1.61. The van der Waals surface area contributed by atoms with Gasteiger partial charge in [-0.05, 0) is 55.6 Å². The van der Waals surface area contributed by atoms with E-state index in [-0.39, 0.29) is 0 Å². The third-order valence-corrected chi connectivity index (χ3v) is 2.98. The molecule has 1 unspecified atom stereocenters. The number of hydrogen-bond donors (Lipinski definition) is 1. The normalized spacial score (nSPS) is 12.6. The van der Waals surface area contributed by atoms with E-state index in [1.54, 1.807) is 6.26 Å². The van der Waals surface area contributed by atoms with Gasteiger partial charge in [0.05, 0.1) is 12.5 Å². The summed E-state index contributed by atoms with van der Waals surface area (Å²) in [5, 5.41) is 3.58. The number of nitrogens with one attached hydrogen (secondary N) is 1. The van der Waals surface area contributed by atoms with Crippen LogP contribution >= 0.6 is 0 Å². The molecule has 0 radical (unpaired) electrons. The van der Waals surface area contributed by atoms with Crippen molar-refractivity contribution in [3.63, 3.8) is 0 Å².